The summed E-state index contributed by atoms with van der Waals surface area (Å²) in [6, 6.07) is 9.48. The second-order valence-corrected chi connectivity index (χ2v) is 13.8. The molecule has 2 aromatic rings. The average molecular weight is 650 g/mol. The van der Waals surface area contributed by atoms with Crippen molar-refractivity contribution in [1.29, 1.82) is 0 Å². The molecule has 252 valence electrons. The number of carbonyl (C=O) groups is 3. The zero-order chi connectivity index (χ0) is 34.0. The third-order valence-electron chi connectivity index (χ3n) is 7.38. The van der Waals surface area contributed by atoms with Gasteiger partial charge in [-0.2, -0.15) is 0 Å². The van der Waals surface area contributed by atoms with Crippen LogP contribution in [-0.4, -0.2) is 71.0 Å². The number of nitrogens with one attached hydrogen (secondary N) is 1. The van der Waals surface area contributed by atoms with Crippen LogP contribution in [0.2, 0.25) is 0 Å². The molecular weight excluding hydrogens is 607 g/mol. The number of carbonyl (C=O) groups excluding carboxylic acids is 2. The Morgan fingerprint density at radius 1 is 1.02 bits per heavy atom. The Kier molecular flexibility index (Phi) is 10.0. The molecule has 0 saturated heterocycles. The van der Waals surface area contributed by atoms with E-state index in [-0.39, 0.29) is 55.3 Å². The number of carboxylic acid groups (broad SMARTS) is 1. The van der Waals surface area contributed by atoms with Gasteiger partial charge in [-0.05, 0) is 53.0 Å². The molecule has 0 aromatic heterocycles. The molecule has 1 atom stereocenters. The number of anilines is 2. The van der Waals surface area contributed by atoms with Crippen LogP contribution in [0.3, 0.4) is 0 Å². The second kappa shape index (κ2) is 13.3. The van der Waals surface area contributed by atoms with Crippen molar-refractivity contribution in [1.82, 2.24) is 4.90 Å². The molecular formula is C33H42F3N3O7. The number of esters is 1. The summed E-state index contributed by atoms with van der Waals surface area (Å²) in [7, 11) is 0. The van der Waals surface area contributed by atoms with Gasteiger partial charge in [0.05, 0.1) is 11.7 Å². The van der Waals surface area contributed by atoms with Gasteiger partial charge in [0.15, 0.2) is 5.82 Å². The van der Waals surface area contributed by atoms with Crippen molar-refractivity contribution in [2.45, 2.75) is 90.6 Å². The molecule has 1 fully saturated rings. The van der Waals surface area contributed by atoms with Crippen molar-refractivity contribution in [3.8, 4) is 5.75 Å². The molecule has 1 saturated carbocycles. The molecule has 0 unspecified atom stereocenters. The fourth-order valence-electron chi connectivity index (χ4n) is 5.58. The van der Waals surface area contributed by atoms with Gasteiger partial charge in [0, 0.05) is 44.0 Å². The van der Waals surface area contributed by atoms with Crippen molar-refractivity contribution in [2.75, 3.05) is 29.9 Å². The van der Waals surface area contributed by atoms with Crippen molar-refractivity contribution in [2.24, 2.45) is 5.92 Å². The van der Waals surface area contributed by atoms with Crippen LogP contribution in [0.4, 0.5) is 34.1 Å². The van der Waals surface area contributed by atoms with E-state index < -0.39 is 65.9 Å². The Morgan fingerprint density at radius 3 is 2.22 bits per heavy atom. The van der Waals surface area contributed by atoms with Gasteiger partial charge in [-0.15, -0.1) is 0 Å². The van der Waals surface area contributed by atoms with Gasteiger partial charge in [0.1, 0.15) is 35.8 Å². The number of alkyl halides is 2. The van der Waals surface area contributed by atoms with E-state index >= 15 is 4.39 Å². The van der Waals surface area contributed by atoms with E-state index in [1.165, 1.54) is 11.0 Å². The third kappa shape index (κ3) is 8.97. The molecule has 2 N–H and O–H groups in total. The number of hydrogen-bond acceptors (Lipinski definition) is 7. The first-order valence-corrected chi connectivity index (χ1v) is 15.2. The highest BCUT2D eigenvalue weighted by Crippen LogP contribution is 2.45. The van der Waals surface area contributed by atoms with E-state index in [1.54, 1.807) is 53.7 Å². The van der Waals surface area contributed by atoms with Crippen molar-refractivity contribution in [3.05, 3.63) is 53.3 Å². The second-order valence-electron chi connectivity index (χ2n) is 13.8. The van der Waals surface area contributed by atoms with Gasteiger partial charge in [-0.3, -0.25) is 9.69 Å². The minimum Gasteiger partial charge on any atom is -0.487 e. The lowest BCUT2D eigenvalue weighted by Gasteiger charge is -2.39. The molecule has 4 rings (SSSR count). The van der Waals surface area contributed by atoms with E-state index in [1.807, 2.05) is 18.2 Å². The topological polar surface area (TPSA) is 118 Å². The first-order valence-electron chi connectivity index (χ1n) is 15.2. The Hall–Kier alpha value is -4.16. The van der Waals surface area contributed by atoms with Crippen molar-refractivity contribution in [3.63, 3.8) is 0 Å². The minimum absolute atomic E-state index is 0.0141. The molecule has 10 nitrogen and oxygen atoms in total. The molecule has 13 heteroatoms. The number of benzene rings is 2. The van der Waals surface area contributed by atoms with Crippen LogP contribution < -0.4 is 15.0 Å². The van der Waals surface area contributed by atoms with Crippen LogP contribution in [0.5, 0.6) is 5.75 Å². The summed E-state index contributed by atoms with van der Waals surface area (Å²) in [5.74, 6) is -4.80. The van der Waals surface area contributed by atoms with Crippen LogP contribution in [0.1, 0.15) is 65.5 Å². The lowest BCUT2D eigenvalue weighted by Crippen LogP contribution is -2.51. The Bertz CT molecular complexity index is 1430. The zero-order valence-corrected chi connectivity index (χ0v) is 27.0. The molecule has 2 amide bonds. The number of fused-ring (bicyclic) bond motifs is 1. The normalized spacial score (nSPS) is 17.5. The number of ether oxygens (including phenoxy) is 3. The largest absolute Gasteiger partial charge is 0.487 e. The van der Waals surface area contributed by atoms with Gasteiger partial charge < -0.3 is 29.5 Å². The fourth-order valence-corrected chi connectivity index (χ4v) is 5.58. The molecule has 46 heavy (non-hydrogen) atoms. The summed E-state index contributed by atoms with van der Waals surface area (Å²) in [6.07, 6.45) is -3.11. The quantitative estimate of drug-likeness (QED) is 0.269. The summed E-state index contributed by atoms with van der Waals surface area (Å²) in [4.78, 5) is 40.5. The first kappa shape index (κ1) is 34.7. The van der Waals surface area contributed by atoms with Crippen molar-refractivity contribution < 1.29 is 46.9 Å². The Morgan fingerprint density at radius 2 is 1.65 bits per heavy atom. The Balaban J connectivity index is 1.65. The molecule has 0 radical (unpaired) electrons. The maximum absolute atomic E-state index is 16.3. The number of hydrogen-bond donors (Lipinski definition) is 2. The predicted octanol–water partition coefficient (Wildman–Crippen LogP) is 6.85. The van der Waals surface area contributed by atoms with Crippen LogP contribution in [-0.2, 0) is 27.3 Å². The maximum Gasteiger partial charge on any atom is 0.412 e. The highest BCUT2D eigenvalue weighted by molar-refractivity contribution is 5.92. The van der Waals surface area contributed by atoms with Gasteiger partial charge in [0.25, 0.3) is 0 Å². The summed E-state index contributed by atoms with van der Waals surface area (Å²) >= 11 is 0. The first-order chi connectivity index (χ1) is 21.3. The maximum atomic E-state index is 16.3. The third-order valence-corrected chi connectivity index (χ3v) is 7.38. The highest BCUT2D eigenvalue weighted by Gasteiger charge is 2.47. The van der Waals surface area contributed by atoms with E-state index in [0.717, 1.165) is 10.5 Å². The zero-order valence-electron chi connectivity index (χ0n) is 27.0. The van der Waals surface area contributed by atoms with Crippen LogP contribution in [0.25, 0.3) is 0 Å². The Labute approximate surface area is 266 Å². The molecule has 1 heterocycles. The summed E-state index contributed by atoms with van der Waals surface area (Å²) in [5, 5.41) is 13.0. The lowest BCUT2D eigenvalue weighted by atomic mass is 9.81. The standard InChI is InChI=1S/C33H42F3N3O7/c1-31(2,3)45-26(40)16-37-28-25(44-19-20-10-8-7-9-11-20)13-24-23(27(28)34)12-22(39(24)29(41)42)18-38(30(43)46-32(4,5)6)17-21-14-33(35,36)15-21/h7-11,13,21-22,37H,12,14-19H2,1-6H3,(H,41,42)/t22-/m1/s1. The number of halogens is 3. The van der Waals surface area contributed by atoms with Gasteiger partial charge in [-0.25, -0.2) is 22.8 Å². The summed E-state index contributed by atoms with van der Waals surface area (Å²) in [5.41, 5.74) is -0.996. The molecule has 0 spiro atoms. The van der Waals surface area contributed by atoms with E-state index in [9.17, 15) is 28.3 Å². The monoisotopic (exact) mass is 649 g/mol. The van der Waals surface area contributed by atoms with E-state index in [2.05, 4.69) is 5.32 Å². The molecule has 0 bridgehead atoms. The van der Waals surface area contributed by atoms with E-state index in [0.29, 0.717) is 0 Å². The molecule has 1 aliphatic carbocycles. The molecule has 1 aliphatic heterocycles. The molecule has 2 aliphatic rings. The fraction of sp³-hybridized carbons (Fsp3) is 0.545. The average Bonchev–Trinajstić information content (AvgIpc) is 3.27. The number of rotatable bonds is 10. The summed E-state index contributed by atoms with van der Waals surface area (Å²) < 4.78 is 60.4. The summed E-state index contributed by atoms with van der Waals surface area (Å²) in [6.45, 7) is 9.43. The minimum atomic E-state index is -2.82. The highest BCUT2D eigenvalue weighted by atomic mass is 19.3. The van der Waals surface area contributed by atoms with Crippen LogP contribution >= 0.6 is 0 Å². The van der Waals surface area contributed by atoms with Gasteiger partial charge in [-0.1, -0.05) is 30.3 Å². The van der Waals surface area contributed by atoms with Crippen LogP contribution in [0.15, 0.2) is 36.4 Å². The lowest BCUT2D eigenvalue weighted by molar-refractivity contribution is -0.152. The SMILES string of the molecule is CC(C)(C)OC(=O)CNc1c(OCc2ccccc2)cc2c(c1F)C[C@H](CN(CC1CC(F)(F)C1)C(=O)OC(C)(C)C)N2C(=O)O. The van der Waals surface area contributed by atoms with E-state index in [4.69, 9.17) is 14.2 Å². The van der Waals surface area contributed by atoms with Crippen molar-refractivity contribution >= 4 is 29.5 Å². The van der Waals surface area contributed by atoms with Crippen LogP contribution in [0, 0.1) is 11.7 Å². The van der Waals surface area contributed by atoms with Gasteiger partial charge in [0.2, 0.25) is 5.92 Å². The molecule has 2 aromatic carbocycles. The predicted molar refractivity (Wildman–Crippen MR) is 165 cm³/mol. The number of amides is 2. The number of nitrogens with zero attached hydrogens (tertiary/aromatic N) is 2. The van der Waals surface area contributed by atoms with Gasteiger partial charge >= 0.3 is 18.2 Å². The smallest absolute Gasteiger partial charge is 0.412 e.